The van der Waals surface area contributed by atoms with Crippen LogP contribution in [0.25, 0.3) is 0 Å². The summed E-state index contributed by atoms with van der Waals surface area (Å²) < 4.78 is 27.3. The molecule has 0 spiro atoms. The van der Waals surface area contributed by atoms with E-state index in [1.54, 1.807) is 59.5 Å². The smallest absolute Gasteiger partial charge is 0.264 e. The second-order valence-corrected chi connectivity index (χ2v) is 7.61. The van der Waals surface area contributed by atoms with Crippen LogP contribution in [0.5, 0.6) is 0 Å². The normalized spacial score (nSPS) is 14.6. The highest BCUT2D eigenvalue weighted by Gasteiger charge is 2.29. The highest BCUT2D eigenvalue weighted by Crippen LogP contribution is 2.23. The van der Waals surface area contributed by atoms with Crippen LogP contribution in [0.4, 0.5) is 5.69 Å². The molecule has 0 unspecified atom stereocenters. The van der Waals surface area contributed by atoms with Gasteiger partial charge in [0.25, 0.3) is 10.0 Å². The Morgan fingerprint density at radius 3 is 2.04 bits per heavy atom. The molecule has 1 heterocycles. The van der Waals surface area contributed by atoms with Gasteiger partial charge in [-0.05, 0) is 37.1 Å². The first-order valence-electron chi connectivity index (χ1n) is 7.99. The molecule has 6 heteroatoms. The van der Waals surface area contributed by atoms with Gasteiger partial charge < -0.3 is 4.90 Å². The lowest BCUT2D eigenvalue weighted by Crippen LogP contribution is -2.42. The Labute approximate surface area is 142 Å². The van der Waals surface area contributed by atoms with Crippen molar-refractivity contribution in [3.05, 3.63) is 60.7 Å². The quantitative estimate of drug-likeness (QED) is 0.837. The molecule has 1 aliphatic rings. The third-order valence-electron chi connectivity index (χ3n) is 4.11. The number of hydrogen-bond donors (Lipinski definition) is 0. The molecular formula is C18H20N2O3S. The molecule has 3 rings (SSSR count). The Bertz CT molecular complexity index is 786. The predicted molar refractivity (Wildman–Crippen MR) is 93.2 cm³/mol. The minimum Gasteiger partial charge on any atom is -0.341 e. The van der Waals surface area contributed by atoms with Gasteiger partial charge in [0.1, 0.15) is 6.54 Å². The van der Waals surface area contributed by atoms with Gasteiger partial charge in [0, 0.05) is 13.1 Å². The molecule has 0 aliphatic carbocycles. The predicted octanol–water partition coefficient (Wildman–Crippen LogP) is 2.50. The minimum absolute atomic E-state index is 0.157. The molecule has 2 aromatic carbocycles. The Balaban J connectivity index is 1.95. The van der Waals surface area contributed by atoms with Crippen LogP contribution < -0.4 is 4.31 Å². The summed E-state index contributed by atoms with van der Waals surface area (Å²) in [6.07, 6.45) is 1.95. The zero-order valence-electron chi connectivity index (χ0n) is 13.3. The Morgan fingerprint density at radius 1 is 0.917 bits per heavy atom. The third kappa shape index (κ3) is 3.43. The molecule has 0 N–H and O–H groups in total. The van der Waals surface area contributed by atoms with E-state index in [-0.39, 0.29) is 17.3 Å². The maximum atomic E-state index is 13.0. The first-order valence-corrected chi connectivity index (χ1v) is 9.44. The van der Waals surface area contributed by atoms with Crippen molar-refractivity contribution in [1.82, 2.24) is 4.90 Å². The van der Waals surface area contributed by atoms with Gasteiger partial charge in [-0.15, -0.1) is 0 Å². The molecule has 0 aromatic heterocycles. The molecule has 0 atom stereocenters. The first-order chi connectivity index (χ1) is 11.6. The fourth-order valence-corrected chi connectivity index (χ4v) is 4.25. The molecule has 2 aromatic rings. The minimum atomic E-state index is -3.79. The second kappa shape index (κ2) is 7.05. The first kappa shape index (κ1) is 16.5. The number of likely N-dealkylation sites (tertiary alicyclic amines) is 1. The number of sulfonamides is 1. The molecule has 0 saturated carbocycles. The van der Waals surface area contributed by atoms with E-state index in [2.05, 4.69) is 0 Å². The summed E-state index contributed by atoms with van der Waals surface area (Å²) in [5, 5.41) is 0. The van der Waals surface area contributed by atoms with E-state index < -0.39 is 10.0 Å². The van der Waals surface area contributed by atoms with Crippen molar-refractivity contribution in [3.8, 4) is 0 Å². The summed E-state index contributed by atoms with van der Waals surface area (Å²) in [6.45, 7) is 1.22. The summed E-state index contributed by atoms with van der Waals surface area (Å²) in [6, 6.07) is 17.0. The molecule has 1 saturated heterocycles. The van der Waals surface area contributed by atoms with Gasteiger partial charge in [-0.25, -0.2) is 8.42 Å². The van der Waals surface area contributed by atoms with Crippen molar-refractivity contribution in [3.63, 3.8) is 0 Å². The molecule has 1 aliphatic heterocycles. The number of benzene rings is 2. The van der Waals surface area contributed by atoms with Crippen LogP contribution in [0.3, 0.4) is 0 Å². The SMILES string of the molecule is O=C(CN(c1ccccc1)S(=O)(=O)c1ccccc1)N1CCCC1. The van der Waals surface area contributed by atoms with Crippen LogP contribution in [0.1, 0.15) is 12.8 Å². The zero-order chi connectivity index (χ0) is 17.0. The lowest BCUT2D eigenvalue weighted by atomic mass is 10.3. The third-order valence-corrected chi connectivity index (χ3v) is 5.90. The Hall–Kier alpha value is -2.34. The van der Waals surface area contributed by atoms with Gasteiger partial charge in [0.05, 0.1) is 10.6 Å². The van der Waals surface area contributed by atoms with Crippen molar-refractivity contribution in [2.45, 2.75) is 17.7 Å². The number of anilines is 1. The van der Waals surface area contributed by atoms with Crippen LogP contribution in [-0.4, -0.2) is 38.9 Å². The molecule has 5 nitrogen and oxygen atoms in total. The fraction of sp³-hybridized carbons (Fsp3) is 0.278. The van der Waals surface area contributed by atoms with Gasteiger partial charge in [-0.3, -0.25) is 9.10 Å². The molecule has 0 radical (unpaired) electrons. The van der Waals surface area contributed by atoms with Crippen molar-refractivity contribution in [1.29, 1.82) is 0 Å². The van der Waals surface area contributed by atoms with E-state index in [1.165, 1.54) is 4.31 Å². The van der Waals surface area contributed by atoms with Gasteiger partial charge in [-0.2, -0.15) is 0 Å². The number of para-hydroxylation sites is 1. The Kier molecular flexibility index (Phi) is 4.85. The van der Waals surface area contributed by atoms with E-state index >= 15 is 0 Å². The van der Waals surface area contributed by atoms with E-state index in [9.17, 15) is 13.2 Å². The van der Waals surface area contributed by atoms with Crippen molar-refractivity contribution >= 4 is 21.6 Å². The molecule has 1 amide bonds. The molecule has 1 fully saturated rings. The van der Waals surface area contributed by atoms with Crippen LogP contribution >= 0.6 is 0 Å². The lowest BCUT2D eigenvalue weighted by molar-refractivity contribution is -0.128. The molecule has 0 bridgehead atoms. The van der Waals surface area contributed by atoms with Crippen molar-refractivity contribution in [2.75, 3.05) is 23.9 Å². The summed E-state index contributed by atoms with van der Waals surface area (Å²) in [7, 11) is -3.79. The standard InChI is InChI=1S/C18H20N2O3S/c21-18(19-13-7-8-14-19)15-20(16-9-3-1-4-10-16)24(22,23)17-11-5-2-6-12-17/h1-6,9-12H,7-8,13-15H2. The van der Waals surface area contributed by atoms with Crippen LogP contribution in [0, 0.1) is 0 Å². The van der Waals surface area contributed by atoms with E-state index in [1.807, 2.05) is 6.07 Å². The van der Waals surface area contributed by atoms with E-state index in [4.69, 9.17) is 0 Å². The number of nitrogens with zero attached hydrogens (tertiary/aromatic N) is 2. The lowest BCUT2D eigenvalue weighted by Gasteiger charge is -2.26. The zero-order valence-corrected chi connectivity index (χ0v) is 14.2. The van der Waals surface area contributed by atoms with E-state index in [0.717, 1.165) is 12.8 Å². The van der Waals surface area contributed by atoms with Crippen molar-refractivity contribution < 1.29 is 13.2 Å². The summed E-state index contributed by atoms with van der Waals surface area (Å²) in [5.41, 5.74) is 0.494. The molecule has 24 heavy (non-hydrogen) atoms. The van der Waals surface area contributed by atoms with Crippen molar-refractivity contribution in [2.24, 2.45) is 0 Å². The summed E-state index contributed by atoms with van der Waals surface area (Å²) in [5.74, 6) is -0.157. The van der Waals surface area contributed by atoms with Crippen LogP contribution in [-0.2, 0) is 14.8 Å². The van der Waals surface area contributed by atoms with Crippen LogP contribution in [0.15, 0.2) is 65.6 Å². The van der Waals surface area contributed by atoms with Crippen LogP contribution in [0.2, 0.25) is 0 Å². The number of rotatable bonds is 5. The largest absolute Gasteiger partial charge is 0.341 e. The monoisotopic (exact) mass is 344 g/mol. The highest BCUT2D eigenvalue weighted by atomic mass is 32.2. The maximum absolute atomic E-state index is 13.0. The number of carbonyl (C=O) groups excluding carboxylic acids is 1. The summed E-state index contributed by atoms with van der Waals surface area (Å²) in [4.78, 5) is 14.4. The number of carbonyl (C=O) groups is 1. The van der Waals surface area contributed by atoms with Gasteiger partial charge in [-0.1, -0.05) is 36.4 Å². The Morgan fingerprint density at radius 2 is 1.46 bits per heavy atom. The fourth-order valence-electron chi connectivity index (χ4n) is 2.82. The molecule has 126 valence electrons. The average Bonchev–Trinajstić information content (AvgIpc) is 3.15. The molecular weight excluding hydrogens is 324 g/mol. The average molecular weight is 344 g/mol. The summed E-state index contributed by atoms with van der Waals surface area (Å²) >= 11 is 0. The van der Waals surface area contributed by atoms with E-state index in [0.29, 0.717) is 18.8 Å². The topological polar surface area (TPSA) is 57.7 Å². The van der Waals surface area contributed by atoms with Gasteiger partial charge in [0.2, 0.25) is 5.91 Å². The number of amides is 1. The number of hydrogen-bond acceptors (Lipinski definition) is 3. The van der Waals surface area contributed by atoms with Gasteiger partial charge >= 0.3 is 0 Å². The second-order valence-electron chi connectivity index (χ2n) is 5.75. The van der Waals surface area contributed by atoms with Gasteiger partial charge in [0.15, 0.2) is 0 Å². The highest BCUT2D eigenvalue weighted by molar-refractivity contribution is 7.92. The maximum Gasteiger partial charge on any atom is 0.264 e.